The molecule has 4 rings (SSSR count). The summed E-state index contributed by atoms with van der Waals surface area (Å²) in [6.45, 7) is 3.62. The normalized spacial score (nSPS) is 17.4. The van der Waals surface area contributed by atoms with Gasteiger partial charge in [-0.3, -0.25) is 4.79 Å². The Morgan fingerprint density at radius 2 is 2.04 bits per heavy atom. The van der Waals surface area contributed by atoms with E-state index in [2.05, 4.69) is 14.6 Å². The summed E-state index contributed by atoms with van der Waals surface area (Å²) < 4.78 is 4.01. The molecule has 0 aliphatic carbocycles. The first kappa shape index (κ1) is 16.6. The Hall–Kier alpha value is -2.89. The van der Waals surface area contributed by atoms with Crippen molar-refractivity contribution in [2.45, 2.75) is 32.2 Å². The number of carbonyl (C=O) groups is 1. The average Bonchev–Trinajstić information content (AvgIpc) is 3.34. The molecule has 26 heavy (non-hydrogen) atoms. The van der Waals surface area contributed by atoms with E-state index >= 15 is 0 Å². The number of piperidine rings is 1. The topological polar surface area (TPSA) is 56.0 Å². The molecule has 1 fully saturated rings. The van der Waals surface area contributed by atoms with Gasteiger partial charge < -0.3 is 9.47 Å². The van der Waals surface area contributed by atoms with Gasteiger partial charge in [-0.05, 0) is 43.5 Å². The minimum Gasteiger partial charge on any atom is -0.340 e. The molecule has 0 N–H and O–H groups in total. The maximum absolute atomic E-state index is 12.8. The van der Waals surface area contributed by atoms with Gasteiger partial charge >= 0.3 is 0 Å². The minimum absolute atomic E-state index is 0.194. The number of benzene rings is 1. The Morgan fingerprint density at radius 1 is 1.19 bits per heavy atom. The van der Waals surface area contributed by atoms with Gasteiger partial charge in [-0.15, -0.1) is 0 Å². The lowest BCUT2D eigenvalue weighted by molar-refractivity contribution is -0.132. The number of nitrogens with zero attached hydrogens (tertiary/aromatic N) is 5. The molecule has 0 radical (unpaired) electrons. The van der Waals surface area contributed by atoms with Crippen LogP contribution >= 0.6 is 0 Å². The van der Waals surface area contributed by atoms with E-state index in [1.807, 2.05) is 65.4 Å². The number of hydrogen-bond acceptors (Lipinski definition) is 3. The van der Waals surface area contributed by atoms with Crippen molar-refractivity contribution in [2.24, 2.45) is 0 Å². The molecule has 1 aromatic carbocycles. The molecule has 134 valence electrons. The van der Waals surface area contributed by atoms with Crippen LogP contribution in [0.5, 0.6) is 0 Å². The molecule has 6 heteroatoms. The summed E-state index contributed by atoms with van der Waals surface area (Å²) in [7, 11) is 0. The highest BCUT2D eigenvalue weighted by molar-refractivity contribution is 5.79. The van der Waals surface area contributed by atoms with Crippen molar-refractivity contribution in [3.8, 4) is 5.69 Å². The predicted octanol–water partition coefficient (Wildman–Crippen LogP) is 2.78. The monoisotopic (exact) mass is 349 g/mol. The molecule has 1 amide bonds. The van der Waals surface area contributed by atoms with Gasteiger partial charge in [0, 0.05) is 37.9 Å². The van der Waals surface area contributed by atoms with Crippen LogP contribution in [0.25, 0.3) is 5.69 Å². The molecule has 1 atom stereocenters. The zero-order valence-electron chi connectivity index (χ0n) is 15.0. The highest BCUT2D eigenvalue weighted by atomic mass is 16.2. The highest BCUT2D eigenvalue weighted by Gasteiger charge is 2.25. The molecular weight excluding hydrogens is 326 g/mol. The molecule has 0 unspecified atom stereocenters. The van der Waals surface area contributed by atoms with E-state index < -0.39 is 0 Å². The van der Waals surface area contributed by atoms with Crippen molar-refractivity contribution < 1.29 is 4.79 Å². The second kappa shape index (κ2) is 7.15. The zero-order chi connectivity index (χ0) is 17.9. The fourth-order valence-electron chi connectivity index (χ4n) is 3.66. The van der Waals surface area contributed by atoms with Gasteiger partial charge in [-0.1, -0.05) is 12.1 Å². The third-order valence-electron chi connectivity index (χ3n) is 5.07. The van der Waals surface area contributed by atoms with Crippen molar-refractivity contribution in [3.63, 3.8) is 0 Å². The SMILES string of the molecule is Cc1nccn1[C@H]1CCCN(C(=O)Cc2ccc(-n3cccn3)cc2)C1. The number of aryl methyl sites for hydroxylation is 1. The van der Waals surface area contributed by atoms with Gasteiger partial charge in [0.2, 0.25) is 5.91 Å². The maximum atomic E-state index is 12.8. The van der Waals surface area contributed by atoms with Crippen LogP contribution in [0.1, 0.15) is 30.3 Å². The van der Waals surface area contributed by atoms with Gasteiger partial charge in [-0.2, -0.15) is 5.10 Å². The van der Waals surface area contributed by atoms with Crippen LogP contribution in [0.4, 0.5) is 0 Å². The number of rotatable bonds is 4. The molecule has 0 bridgehead atoms. The number of carbonyl (C=O) groups excluding carboxylic acids is 1. The van der Waals surface area contributed by atoms with Crippen LogP contribution < -0.4 is 0 Å². The first-order chi connectivity index (χ1) is 12.7. The Kier molecular flexibility index (Phi) is 4.56. The van der Waals surface area contributed by atoms with Crippen LogP contribution in [0.15, 0.2) is 55.1 Å². The smallest absolute Gasteiger partial charge is 0.227 e. The standard InChI is InChI=1S/C20H23N5O/c1-16-21-10-13-24(16)19-4-2-11-23(15-19)20(26)14-17-5-7-18(8-6-17)25-12-3-9-22-25/h3,5-10,12-13,19H,2,4,11,14-15H2,1H3/t19-/m0/s1. The summed E-state index contributed by atoms with van der Waals surface area (Å²) in [5.41, 5.74) is 2.03. The fraction of sp³-hybridized carbons (Fsp3) is 0.350. The number of amides is 1. The molecule has 1 aliphatic heterocycles. The largest absolute Gasteiger partial charge is 0.340 e. The first-order valence-corrected chi connectivity index (χ1v) is 9.07. The highest BCUT2D eigenvalue weighted by Crippen LogP contribution is 2.23. The molecule has 0 spiro atoms. The van der Waals surface area contributed by atoms with E-state index in [1.165, 1.54) is 0 Å². The number of hydrogen-bond donors (Lipinski definition) is 0. The Bertz CT molecular complexity index is 866. The lowest BCUT2D eigenvalue weighted by Gasteiger charge is -2.34. The molecule has 3 heterocycles. The Labute approximate surface area is 153 Å². The first-order valence-electron chi connectivity index (χ1n) is 9.07. The summed E-state index contributed by atoms with van der Waals surface area (Å²) in [6, 6.07) is 10.3. The van der Waals surface area contributed by atoms with Gasteiger partial charge in [0.05, 0.1) is 18.2 Å². The second-order valence-electron chi connectivity index (χ2n) is 6.81. The molecular formula is C20H23N5O. The summed E-state index contributed by atoms with van der Waals surface area (Å²) >= 11 is 0. The van der Waals surface area contributed by atoms with E-state index in [1.54, 1.807) is 6.20 Å². The van der Waals surface area contributed by atoms with Crippen molar-refractivity contribution in [3.05, 3.63) is 66.5 Å². The van der Waals surface area contributed by atoms with Crippen molar-refractivity contribution in [1.29, 1.82) is 0 Å². The van der Waals surface area contributed by atoms with Crippen LogP contribution in [-0.2, 0) is 11.2 Å². The van der Waals surface area contributed by atoms with Crippen LogP contribution in [0.3, 0.4) is 0 Å². The van der Waals surface area contributed by atoms with Gasteiger partial charge in [0.1, 0.15) is 5.82 Å². The zero-order valence-corrected chi connectivity index (χ0v) is 15.0. The van der Waals surface area contributed by atoms with Crippen molar-refractivity contribution in [2.75, 3.05) is 13.1 Å². The maximum Gasteiger partial charge on any atom is 0.227 e. The summed E-state index contributed by atoms with van der Waals surface area (Å²) in [4.78, 5) is 19.1. The summed E-state index contributed by atoms with van der Waals surface area (Å²) in [5.74, 6) is 1.21. The number of likely N-dealkylation sites (tertiary alicyclic amines) is 1. The quantitative estimate of drug-likeness (QED) is 0.728. The Balaban J connectivity index is 1.40. The molecule has 1 saturated heterocycles. The van der Waals surface area contributed by atoms with Crippen LogP contribution in [0, 0.1) is 6.92 Å². The minimum atomic E-state index is 0.194. The predicted molar refractivity (Wildman–Crippen MR) is 99.1 cm³/mol. The van der Waals surface area contributed by atoms with Crippen molar-refractivity contribution in [1.82, 2.24) is 24.2 Å². The second-order valence-corrected chi connectivity index (χ2v) is 6.81. The number of imidazole rings is 1. The van der Waals surface area contributed by atoms with Gasteiger partial charge in [0.25, 0.3) is 0 Å². The van der Waals surface area contributed by atoms with E-state index in [0.717, 1.165) is 43.0 Å². The third kappa shape index (κ3) is 3.40. The summed E-state index contributed by atoms with van der Waals surface area (Å²) in [5, 5.41) is 4.22. The lowest BCUT2D eigenvalue weighted by atomic mass is 10.0. The third-order valence-corrected chi connectivity index (χ3v) is 5.07. The molecule has 0 saturated carbocycles. The van der Waals surface area contributed by atoms with Gasteiger partial charge in [0.15, 0.2) is 0 Å². The number of aromatic nitrogens is 4. The van der Waals surface area contributed by atoms with E-state index in [-0.39, 0.29) is 5.91 Å². The lowest BCUT2D eigenvalue weighted by Crippen LogP contribution is -2.41. The fourth-order valence-corrected chi connectivity index (χ4v) is 3.66. The van der Waals surface area contributed by atoms with Crippen LogP contribution in [-0.4, -0.2) is 43.2 Å². The molecule has 1 aliphatic rings. The molecule has 3 aromatic rings. The van der Waals surface area contributed by atoms with E-state index in [0.29, 0.717) is 12.5 Å². The Morgan fingerprint density at radius 3 is 2.73 bits per heavy atom. The molecule has 2 aromatic heterocycles. The summed E-state index contributed by atoms with van der Waals surface area (Å²) in [6.07, 6.45) is 10.1. The van der Waals surface area contributed by atoms with Crippen LogP contribution in [0.2, 0.25) is 0 Å². The van der Waals surface area contributed by atoms with E-state index in [9.17, 15) is 4.79 Å². The van der Waals surface area contributed by atoms with Crippen molar-refractivity contribution >= 4 is 5.91 Å². The van der Waals surface area contributed by atoms with Gasteiger partial charge in [-0.25, -0.2) is 9.67 Å². The average molecular weight is 349 g/mol. The molecule has 6 nitrogen and oxygen atoms in total. The van der Waals surface area contributed by atoms with E-state index in [4.69, 9.17) is 0 Å².